The maximum Gasteiger partial charge on any atom is 0.339 e. The van der Waals surface area contributed by atoms with Gasteiger partial charge in [-0.05, 0) is 24.8 Å². The number of ether oxygens (including phenoxy) is 1. The summed E-state index contributed by atoms with van der Waals surface area (Å²) in [4.78, 5) is 11.5. The van der Waals surface area contributed by atoms with Crippen LogP contribution < -0.4 is 0 Å². The van der Waals surface area contributed by atoms with Crippen LogP contribution in [0.25, 0.3) is 0 Å². The molecule has 15 heavy (non-hydrogen) atoms. The Labute approximate surface area is 90.3 Å². The second kappa shape index (κ2) is 4.05. The summed E-state index contributed by atoms with van der Waals surface area (Å²) in [5.74, 6) is 1.47. The second-order valence-electron chi connectivity index (χ2n) is 4.46. The molecule has 0 aromatic carbocycles. The van der Waals surface area contributed by atoms with E-state index in [-0.39, 0.29) is 11.9 Å². The summed E-state index contributed by atoms with van der Waals surface area (Å²) in [5, 5.41) is 0. The lowest BCUT2D eigenvalue weighted by atomic mass is 9.91. The van der Waals surface area contributed by atoms with E-state index < -0.39 is 0 Å². The molecule has 1 atom stereocenters. The number of allylic oxidation sites excluding steroid dienone is 5. The third kappa shape index (κ3) is 2.04. The van der Waals surface area contributed by atoms with Gasteiger partial charge in [-0.1, -0.05) is 32.1 Å². The number of carbonyl (C=O) groups is 1. The molecular weight excluding hydrogens is 188 g/mol. The predicted molar refractivity (Wildman–Crippen MR) is 59.0 cm³/mol. The molecule has 1 saturated heterocycles. The van der Waals surface area contributed by atoms with E-state index in [0.29, 0.717) is 5.92 Å². The van der Waals surface area contributed by atoms with Crippen molar-refractivity contribution >= 4 is 5.97 Å². The Balaban J connectivity index is 2.17. The number of fused-ring (bicyclic) bond motifs is 1. The molecule has 0 radical (unpaired) electrons. The third-order valence-corrected chi connectivity index (χ3v) is 2.74. The van der Waals surface area contributed by atoms with Crippen molar-refractivity contribution in [2.75, 3.05) is 0 Å². The summed E-state index contributed by atoms with van der Waals surface area (Å²) in [5.41, 5.74) is 0.813. The third-order valence-electron chi connectivity index (χ3n) is 2.74. The zero-order valence-electron chi connectivity index (χ0n) is 9.19. The Morgan fingerprint density at radius 2 is 2.40 bits per heavy atom. The Bertz CT molecular complexity index is 359. The van der Waals surface area contributed by atoms with E-state index in [9.17, 15) is 4.79 Å². The van der Waals surface area contributed by atoms with Gasteiger partial charge in [-0.2, -0.15) is 0 Å². The van der Waals surface area contributed by atoms with E-state index in [2.05, 4.69) is 26.0 Å². The number of hydrogen-bond acceptors (Lipinski definition) is 2. The molecule has 0 saturated carbocycles. The Morgan fingerprint density at radius 3 is 3.13 bits per heavy atom. The molecule has 0 unspecified atom stereocenters. The molecule has 0 N–H and O–H groups in total. The van der Waals surface area contributed by atoms with Gasteiger partial charge in [0.15, 0.2) is 0 Å². The van der Waals surface area contributed by atoms with Crippen LogP contribution in [-0.2, 0) is 9.53 Å². The van der Waals surface area contributed by atoms with Crippen molar-refractivity contribution in [3.8, 4) is 0 Å². The fourth-order valence-electron chi connectivity index (χ4n) is 1.88. The van der Waals surface area contributed by atoms with Crippen LogP contribution in [0.5, 0.6) is 0 Å². The average molecular weight is 204 g/mol. The molecule has 1 heterocycles. The summed E-state index contributed by atoms with van der Waals surface area (Å²) in [6.07, 6.45) is 9.80. The monoisotopic (exact) mass is 204 g/mol. The minimum absolute atomic E-state index is 0.167. The molecule has 1 aliphatic carbocycles. The van der Waals surface area contributed by atoms with Gasteiger partial charge >= 0.3 is 5.97 Å². The van der Waals surface area contributed by atoms with Crippen molar-refractivity contribution in [1.82, 2.24) is 0 Å². The number of hydrogen-bond donors (Lipinski definition) is 0. The summed E-state index contributed by atoms with van der Waals surface area (Å²) < 4.78 is 5.27. The Morgan fingerprint density at radius 1 is 1.60 bits per heavy atom. The maximum atomic E-state index is 11.5. The zero-order valence-corrected chi connectivity index (χ0v) is 9.19. The maximum absolute atomic E-state index is 11.5. The van der Waals surface area contributed by atoms with Gasteiger partial charge < -0.3 is 4.74 Å². The molecule has 2 nitrogen and oxygen atoms in total. The van der Waals surface area contributed by atoms with E-state index in [4.69, 9.17) is 4.74 Å². The van der Waals surface area contributed by atoms with Crippen molar-refractivity contribution in [1.29, 1.82) is 0 Å². The number of carbonyl (C=O) groups excluding carboxylic acids is 1. The summed E-state index contributed by atoms with van der Waals surface area (Å²) in [6, 6.07) is 0. The van der Waals surface area contributed by atoms with E-state index in [1.807, 2.05) is 12.2 Å². The van der Waals surface area contributed by atoms with E-state index in [1.165, 1.54) is 0 Å². The van der Waals surface area contributed by atoms with Crippen molar-refractivity contribution in [2.24, 2.45) is 11.8 Å². The topological polar surface area (TPSA) is 26.3 Å². The van der Waals surface area contributed by atoms with Gasteiger partial charge in [-0.15, -0.1) is 0 Å². The van der Waals surface area contributed by atoms with Crippen LogP contribution in [0.2, 0.25) is 0 Å². The van der Waals surface area contributed by atoms with E-state index in [0.717, 1.165) is 24.2 Å². The van der Waals surface area contributed by atoms with Gasteiger partial charge in [0.2, 0.25) is 0 Å². The van der Waals surface area contributed by atoms with Gasteiger partial charge in [-0.3, -0.25) is 0 Å². The Kier molecular flexibility index (Phi) is 2.76. The van der Waals surface area contributed by atoms with Gasteiger partial charge in [0.05, 0.1) is 5.92 Å². The lowest BCUT2D eigenvalue weighted by Crippen LogP contribution is -2.04. The van der Waals surface area contributed by atoms with E-state index in [1.54, 1.807) is 0 Å². The van der Waals surface area contributed by atoms with Crippen LogP contribution in [0.4, 0.5) is 0 Å². The minimum Gasteiger partial charge on any atom is -0.427 e. The van der Waals surface area contributed by atoms with Crippen LogP contribution >= 0.6 is 0 Å². The van der Waals surface area contributed by atoms with Gasteiger partial charge in [0.25, 0.3) is 0 Å². The number of rotatable bonds is 2. The summed E-state index contributed by atoms with van der Waals surface area (Å²) >= 11 is 0. The van der Waals surface area contributed by atoms with Crippen LogP contribution in [0.15, 0.2) is 35.6 Å². The smallest absolute Gasteiger partial charge is 0.339 e. The predicted octanol–water partition coefficient (Wildman–Crippen LogP) is 2.98. The molecule has 2 aliphatic rings. The molecule has 2 rings (SSSR count). The fraction of sp³-hybridized carbons (Fsp3) is 0.462. The highest BCUT2D eigenvalue weighted by molar-refractivity contribution is 5.94. The molecule has 0 aromatic heterocycles. The number of cyclic esters (lactones) is 1. The van der Waals surface area contributed by atoms with Gasteiger partial charge in [0, 0.05) is 5.57 Å². The molecule has 1 fully saturated rings. The van der Waals surface area contributed by atoms with Gasteiger partial charge in [-0.25, -0.2) is 4.79 Å². The minimum atomic E-state index is -0.167. The highest BCUT2D eigenvalue weighted by Gasteiger charge is 2.35. The molecule has 0 spiro atoms. The first-order chi connectivity index (χ1) is 7.18. The van der Waals surface area contributed by atoms with Crippen molar-refractivity contribution in [3.05, 3.63) is 35.6 Å². The zero-order chi connectivity index (χ0) is 10.8. The largest absolute Gasteiger partial charge is 0.427 e. The van der Waals surface area contributed by atoms with Crippen LogP contribution in [-0.4, -0.2) is 5.97 Å². The first-order valence-electron chi connectivity index (χ1n) is 5.47. The second-order valence-corrected chi connectivity index (χ2v) is 4.46. The molecule has 0 bridgehead atoms. The SMILES string of the molecule is CC(C)CC=C1OC(=O)C2=CC=CC[C@@H]12. The highest BCUT2D eigenvalue weighted by Crippen LogP contribution is 2.36. The van der Waals surface area contributed by atoms with Crippen molar-refractivity contribution < 1.29 is 9.53 Å². The normalized spacial score (nSPS) is 26.9. The lowest BCUT2D eigenvalue weighted by molar-refractivity contribution is -0.132. The molecule has 2 heteroatoms. The van der Waals surface area contributed by atoms with Crippen LogP contribution in [0.1, 0.15) is 26.7 Å². The quantitative estimate of drug-likeness (QED) is 0.646. The Hall–Kier alpha value is -1.31. The highest BCUT2D eigenvalue weighted by atomic mass is 16.5. The molecule has 80 valence electrons. The molecule has 1 aliphatic heterocycles. The van der Waals surface area contributed by atoms with Crippen LogP contribution in [0.3, 0.4) is 0 Å². The first-order valence-corrected chi connectivity index (χ1v) is 5.47. The fourth-order valence-corrected chi connectivity index (χ4v) is 1.88. The average Bonchev–Trinajstić information content (AvgIpc) is 2.54. The van der Waals surface area contributed by atoms with E-state index >= 15 is 0 Å². The van der Waals surface area contributed by atoms with Gasteiger partial charge in [0.1, 0.15) is 5.76 Å². The van der Waals surface area contributed by atoms with Crippen molar-refractivity contribution in [2.45, 2.75) is 26.7 Å². The number of esters is 1. The van der Waals surface area contributed by atoms with Crippen LogP contribution in [0, 0.1) is 11.8 Å². The molecule has 0 amide bonds. The first kappa shape index (κ1) is 10.2. The van der Waals surface area contributed by atoms with Crippen molar-refractivity contribution in [3.63, 3.8) is 0 Å². The molecular formula is C13H16O2. The molecule has 0 aromatic rings. The standard InChI is InChI=1S/C13H16O2/c1-9(2)7-8-12-10-5-3-4-6-11(10)13(14)15-12/h3-4,6,8-10H,5,7H2,1-2H3/t10-/m1/s1. The lowest BCUT2D eigenvalue weighted by Gasteiger charge is -2.10. The summed E-state index contributed by atoms with van der Waals surface area (Å²) in [6.45, 7) is 4.32. The summed E-state index contributed by atoms with van der Waals surface area (Å²) in [7, 11) is 0.